The highest BCUT2D eigenvalue weighted by Crippen LogP contribution is 2.44. The van der Waals surface area contributed by atoms with Gasteiger partial charge in [-0.05, 0) is 24.5 Å². The van der Waals surface area contributed by atoms with Gasteiger partial charge in [-0.3, -0.25) is 9.78 Å². The van der Waals surface area contributed by atoms with E-state index >= 15 is 0 Å². The van der Waals surface area contributed by atoms with Gasteiger partial charge < -0.3 is 4.74 Å². The number of hydrogen-bond acceptors (Lipinski definition) is 3. The van der Waals surface area contributed by atoms with Crippen molar-refractivity contribution in [1.82, 2.24) is 4.98 Å². The summed E-state index contributed by atoms with van der Waals surface area (Å²) < 4.78 is 4.85. The van der Waals surface area contributed by atoms with Crippen molar-refractivity contribution >= 4 is 5.97 Å². The topological polar surface area (TPSA) is 39.2 Å². The average Bonchev–Trinajstić information content (AvgIpc) is 2.17. The van der Waals surface area contributed by atoms with Crippen LogP contribution < -0.4 is 0 Å². The van der Waals surface area contributed by atoms with E-state index in [1.165, 1.54) is 7.11 Å². The molecule has 0 saturated heterocycles. The lowest BCUT2D eigenvalue weighted by Crippen LogP contribution is -2.43. The molecule has 0 N–H and O–H groups in total. The lowest BCUT2D eigenvalue weighted by Gasteiger charge is -2.38. The predicted molar refractivity (Wildman–Crippen MR) is 51.8 cm³/mol. The number of hydrogen-bond donors (Lipinski definition) is 0. The fraction of sp³-hybridized carbons (Fsp3) is 0.455. The molecule has 1 aromatic heterocycles. The number of ether oxygens (including phenoxy) is 1. The number of carbonyl (C=O) groups is 1. The highest BCUT2D eigenvalue weighted by Gasteiger charge is 2.46. The molecule has 2 rings (SSSR count). The van der Waals surface area contributed by atoms with Crippen LogP contribution >= 0.6 is 0 Å². The number of carbonyl (C=O) groups excluding carboxylic acids is 1. The first-order valence-corrected chi connectivity index (χ1v) is 4.78. The predicted octanol–water partition coefficient (Wildman–Crippen LogP) is 1.68. The van der Waals surface area contributed by atoms with Gasteiger partial charge in [0.2, 0.25) is 0 Å². The lowest BCUT2D eigenvalue weighted by atomic mass is 9.65. The second-order valence-corrected chi connectivity index (χ2v) is 3.67. The molecule has 0 aliphatic heterocycles. The molecular formula is C11H13NO2. The summed E-state index contributed by atoms with van der Waals surface area (Å²) in [5.74, 6) is -0.128. The van der Waals surface area contributed by atoms with E-state index in [0.717, 1.165) is 24.8 Å². The first-order chi connectivity index (χ1) is 6.79. The van der Waals surface area contributed by atoms with E-state index in [2.05, 4.69) is 4.98 Å². The van der Waals surface area contributed by atoms with Crippen molar-refractivity contribution in [2.24, 2.45) is 0 Å². The standard InChI is InChI=1S/C11H13NO2/c1-14-10(13)11(5-3-6-11)9-4-2-7-12-8-9/h2,4,7-8H,3,5-6H2,1H3. The molecule has 1 aromatic rings. The van der Waals surface area contributed by atoms with E-state index in [1.54, 1.807) is 12.4 Å². The Balaban J connectivity index is 2.34. The molecule has 3 heteroatoms. The van der Waals surface area contributed by atoms with Crippen molar-refractivity contribution in [2.75, 3.05) is 7.11 Å². The molecule has 1 heterocycles. The third kappa shape index (κ3) is 1.20. The molecule has 74 valence electrons. The van der Waals surface area contributed by atoms with Gasteiger partial charge in [-0.25, -0.2) is 0 Å². The van der Waals surface area contributed by atoms with Gasteiger partial charge >= 0.3 is 5.97 Å². The molecule has 0 spiro atoms. The monoisotopic (exact) mass is 191 g/mol. The Bertz CT molecular complexity index is 330. The van der Waals surface area contributed by atoms with E-state index in [0.29, 0.717) is 0 Å². The van der Waals surface area contributed by atoms with E-state index in [9.17, 15) is 4.79 Å². The maximum Gasteiger partial charge on any atom is 0.316 e. The lowest BCUT2D eigenvalue weighted by molar-refractivity contribution is -0.151. The zero-order valence-electron chi connectivity index (χ0n) is 8.19. The molecule has 0 radical (unpaired) electrons. The largest absolute Gasteiger partial charge is 0.468 e. The van der Waals surface area contributed by atoms with Crippen LogP contribution in [-0.4, -0.2) is 18.1 Å². The molecule has 0 amide bonds. The van der Waals surface area contributed by atoms with Crippen LogP contribution in [0.2, 0.25) is 0 Å². The molecule has 0 unspecified atom stereocenters. The highest BCUT2D eigenvalue weighted by atomic mass is 16.5. The Morgan fingerprint density at radius 2 is 2.36 bits per heavy atom. The van der Waals surface area contributed by atoms with Crippen molar-refractivity contribution in [2.45, 2.75) is 24.7 Å². The minimum absolute atomic E-state index is 0.128. The van der Waals surface area contributed by atoms with Gasteiger partial charge in [-0.2, -0.15) is 0 Å². The van der Waals surface area contributed by atoms with Gasteiger partial charge in [0.25, 0.3) is 0 Å². The van der Waals surface area contributed by atoms with Crippen LogP contribution in [0.15, 0.2) is 24.5 Å². The average molecular weight is 191 g/mol. The Kier molecular flexibility index (Phi) is 2.23. The third-order valence-corrected chi connectivity index (χ3v) is 3.00. The number of aromatic nitrogens is 1. The van der Waals surface area contributed by atoms with Crippen LogP contribution in [-0.2, 0) is 14.9 Å². The van der Waals surface area contributed by atoms with Crippen LogP contribution in [0.5, 0.6) is 0 Å². The van der Waals surface area contributed by atoms with Gasteiger partial charge in [-0.1, -0.05) is 12.5 Å². The first-order valence-electron chi connectivity index (χ1n) is 4.78. The van der Waals surface area contributed by atoms with Crippen LogP contribution in [0.1, 0.15) is 24.8 Å². The zero-order valence-corrected chi connectivity index (χ0v) is 8.19. The fourth-order valence-electron chi connectivity index (χ4n) is 1.98. The minimum atomic E-state index is -0.400. The molecule has 1 fully saturated rings. The Morgan fingerprint density at radius 1 is 1.57 bits per heavy atom. The van der Waals surface area contributed by atoms with Gasteiger partial charge in [0.05, 0.1) is 12.5 Å². The van der Waals surface area contributed by atoms with Gasteiger partial charge in [-0.15, -0.1) is 0 Å². The van der Waals surface area contributed by atoms with Crippen molar-refractivity contribution in [3.8, 4) is 0 Å². The molecule has 1 saturated carbocycles. The quantitative estimate of drug-likeness (QED) is 0.667. The molecule has 3 nitrogen and oxygen atoms in total. The van der Waals surface area contributed by atoms with E-state index in [4.69, 9.17) is 4.74 Å². The van der Waals surface area contributed by atoms with E-state index in [-0.39, 0.29) is 5.97 Å². The van der Waals surface area contributed by atoms with Gasteiger partial charge in [0, 0.05) is 12.4 Å². The summed E-state index contributed by atoms with van der Waals surface area (Å²) in [4.78, 5) is 15.7. The maximum atomic E-state index is 11.7. The Hall–Kier alpha value is -1.38. The smallest absolute Gasteiger partial charge is 0.316 e. The summed E-state index contributed by atoms with van der Waals surface area (Å²) >= 11 is 0. The van der Waals surface area contributed by atoms with Crippen LogP contribution in [0.25, 0.3) is 0 Å². The van der Waals surface area contributed by atoms with Gasteiger partial charge in [0.1, 0.15) is 0 Å². The zero-order chi connectivity index (χ0) is 10.0. The second-order valence-electron chi connectivity index (χ2n) is 3.67. The molecule has 0 aromatic carbocycles. The van der Waals surface area contributed by atoms with Crippen molar-refractivity contribution in [3.05, 3.63) is 30.1 Å². The molecule has 1 aliphatic rings. The fourth-order valence-corrected chi connectivity index (χ4v) is 1.98. The first kappa shape index (κ1) is 9.19. The Morgan fingerprint density at radius 3 is 2.79 bits per heavy atom. The number of pyridine rings is 1. The normalized spacial score (nSPS) is 18.4. The summed E-state index contributed by atoms with van der Waals surface area (Å²) in [7, 11) is 1.44. The summed E-state index contributed by atoms with van der Waals surface area (Å²) in [6.07, 6.45) is 6.32. The Labute approximate surface area is 83.1 Å². The van der Waals surface area contributed by atoms with Crippen molar-refractivity contribution in [1.29, 1.82) is 0 Å². The minimum Gasteiger partial charge on any atom is -0.468 e. The van der Waals surface area contributed by atoms with Gasteiger partial charge in [0.15, 0.2) is 0 Å². The molecular weight excluding hydrogens is 178 g/mol. The van der Waals surface area contributed by atoms with E-state index < -0.39 is 5.41 Å². The summed E-state index contributed by atoms with van der Waals surface area (Å²) in [5, 5.41) is 0. The van der Waals surface area contributed by atoms with Crippen LogP contribution in [0.4, 0.5) is 0 Å². The number of nitrogens with zero attached hydrogens (tertiary/aromatic N) is 1. The van der Waals surface area contributed by atoms with Crippen LogP contribution in [0, 0.1) is 0 Å². The van der Waals surface area contributed by atoms with Crippen LogP contribution in [0.3, 0.4) is 0 Å². The molecule has 0 bridgehead atoms. The molecule has 14 heavy (non-hydrogen) atoms. The second kappa shape index (κ2) is 3.40. The summed E-state index contributed by atoms with van der Waals surface area (Å²) in [6.45, 7) is 0. The van der Waals surface area contributed by atoms with E-state index in [1.807, 2.05) is 12.1 Å². The van der Waals surface area contributed by atoms with Crippen molar-refractivity contribution in [3.63, 3.8) is 0 Å². The highest BCUT2D eigenvalue weighted by molar-refractivity contribution is 5.84. The molecule has 0 atom stereocenters. The number of esters is 1. The number of methoxy groups -OCH3 is 1. The van der Waals surface area contributed by atoms with Crippen molar-refractivity contribution < 1.29 is 9.53 Å². The number of rotatable bonds is 2. The SMILES string of the molecule is COC(=O)C1(c2cccnc2)CCC1. The summed E-state index contributed by atoms with van der Waals surface area (Å²) in [6, 6.07) is 3.81. The molecule has 1 aliphatic carbocycles. The third-order valence-electron chi connectivity index (χ3n) is 3.00. The summed E-state index contributed by atoms with van der Waals surface area (Å²) in [5.41, 5.74) is 0.585. The maximum absolute atomic E-state index is 11.7.